The van der Waals surface area contributed by atoms with Gasteiger partial charge in [0, 0.05) is 0 Å². The molecule has 1 N–H and O–H groups in total. The van der Waals surface area contributed by atoms with Crippen molar-refractivity contribution >= 4 is 27.5 Å². The van der Waals surface area contributed by atoms with E-state index < -0.39 is 25.4 Å². The molecular weight excluding hydrogens is 455 g/mol. The molecule has 1 aliphatic heterocycles. The number of aliphatic hydroxyl groups is 1. The normalized spacial score (nSPS) is 31.6. The van der Waals surface area contributed by atoms with Crippen molar-refractivity contribution in [1.29, 1.82) is 0 Å². The summed E-state index contributed by atoms with van der Waals surface area (Å²) in [4.78, 5) is 0.144. The van der Waals surface area contributed by atoms with E-state index in [9.17, 15) is 5.11 Å². The molecular formula is C25H34O3SeSi. The van der Waals surface area contributed by atoms with Crippen LogP contribution in [0.1, 0.15) is 32.6 Å². The Hall–Kier alpha value is -0.864. The van der Waals surface area contributed by atoms with Crippen molar-refractivity contribution in [3.05, 3.63) is 42.0 Å². The summed E-state index contributed by atoms with van der Waals surface area (Å²) < 4.78 is 14.4. The Labute approximate surface area is 188 Å². The quantitative estimate of drug-likeness (QED) is 0.359. The first-order valence-corrected chi connectivity index (χ1v) is 16.4. The molecule has 1 saturated heterocycles. The summed E-state index contributed by atoms with van der Waals surface area (Å²) in [5.41, 5.74) is 4.27. The number of rotatable bonds is 7. The molecule has 2 fully saturated rings. The van der Waals surface area contributed by atoms with Crippen molar-refractivity contribution in [2.75, 3.05) is 13.2 Å². The predicted octanol–water partition coefficient (Wildman–Crippen LogP) is 3.93. The second kappa shape index (κ2) is 8.58. The van der Waals surface area contributed by atoms with Crippen LogP contribution in [0, 0.1) is 22.8 Å². The van der Waals surface area contributed by atoms with E-state index in [1.165, 1.54) is 22.9 Å². The van der Waals surface area contributed by atoms with Gasteiger partial charge in [-0.25, -0.2) is 0 Å². The summed E-state index contributed by atoms with van der Waals surface area (Å²) in [5, 5.41) is 11.5. The minimum absolute atomic E-state index is 0.131. The van der Waals surface area contributed by atoms with E-state index in [1.807, 2.05) is 0 Å². The molecule has 5 heteroatoms. The fraction of sp³-hybridized carbons (Fsp3) is 0.600. The van der Waals surface area contributed by atoms with Gasteiger partial charge >= 0.3 is 189 Å². The Balaban J connectivity index is 1.66. The molecule has 1 saturated carbocycles. The maximum atomic E-state index is 11.5. The molecule has 4 atom stereocenters. The summed E-state index contributed by atoms with van der Waals surface area (Å²) in [6, 6.07) is 10.7. The number of hydrogen-bond donors (Lipinski definition) is 1. The van der Waals surface area contributed by atoms with E-state index in [4.69, 9.17) is 9.47 Å². The first-order valence-electron chi connectivity index (χ1n) is 11.1. The Morgan fingerprint density at radius 1 is 1.27 bits per heavy atom. The standard InChI is InChI=1S/C25H34O3SeSi/c1-19-15-24(22(26)11-8-14-30(2,3)4)18-28-25(16-19,27-17-20-12-13-20)23(24)29-21-9-6-5-7-10-21/h5-7,9-10,15,20,22-23,26H,11-13,16-18H2,1-4H3/t22-,23+,24+,25+/m1/s1. The van der Waals surface area contributed by atoms with Crippen LogP contribution < -0.4 is 4.46 Å². The third kappa shape index (κ3) is 4.80. The number of fused-ring (bicyclic) bond motifs is 2. The molecule has 0 amide bonds. The molecule has 0 spiro atoms. The van der Waals surface area contributed by atoms with E-state index in [0.29, 0.717) is 18.9 Å². The fourth-order valence-electron chi connectivity index (χ4n) is 4.48. The Bertz CT molecular complexity index is 849. The number of ether oxygens (including phenoxy) is 2. The first-order chi connectivity index (χ1) is 14.2. The van der Waals surface area contributed by atoms with Gasteiger partial charge in [-0.2, -0.15) is 0 Å². The van der Waals surface area contributed by atoms with E-state index in [2.05, 4.69) is 74.4 Å². The van der Waals surface area contributed by atoms with Gasteiger partial charge in [-0.3, -0.25) is 0 Å². The minimum atomic E-state index is -1.46. The molecule has 3 nitrogen and oxygen atoms in total. The van der Waals surface area contributed by atoms with Gasteiger partial charge in [-0.1, -0.05) is 0 Å². The monoisotopic (exact) mass is 490 g/mol. The molecule has 30 heavy (non-hydrogen) atoms. The predicted molar refractivity (Wildman–Crippen MR) is 125 cm³/mol. The Kier molecular flexibility index (Phi) is 6.39. The zero-order valence-corrected chi connectivity index (χ0v) is 21.3. The second-order valence-corrected chi connectivity index (χ2v) is 17.4. The third-order valence-electron chi connectivity index (χ3n) is 6.13. The molecule has 0 unspecified atom stereocenters. The van der Waals surface area contributed by atoms with Crippen LogP contribution in [-0.2, 0) is 9.47 Å². The van der Waals surface area contributed by atoms with Gasteiger partial charge < -0.3 is 0 Å². The molecule has 0 aromatic heterocycles. The van der Waals surface area contributed by atoms with E-state index in [1.54, 1.807) is 0 Å². The summed E-state index contributed by atoms with van der Waals surface area (Å²) in [6.45, 7) is 10.2. The van der Waals surface area contributed by atoms with Crippen LogP contribution >= 0.6 is 0 Å². The number of hydrogen-bond acceptors (Lipinski definition) is 3. The molecule has 2 aliphatic carbocycles. The first kappa shape index (κ1) is 22.3. The SMILES string of the molecule is CC1=C[C@@]2([C@H](O)CC#C[Si](C)(C)C)CO[C@@](OCC3CC3)(C1)[C@H]2[Se]c1ccccc1. The van der Waals surface area contributed by atoms with Crippen molar-refractivity contribution in [1.82, 2.24) is 0 Å². The topological polar surface area (TPSA) is 38.7 Å². The van der Waals surface area contributed by atoms with Gasteiger partial charge in [0.2, 0.25) is 0 Å². The van der Waals surface area contributed by atoms with E-state index in [-0.39, 0.29) is 19.8 Å². The number of aliphatic hydroxyl groups excluding tert-OH is 1. The van der Waals surface area contributed by atoms with E-state index in [0.717, 1.165) is 13.0 Å². The van der Waals surface area contributed by atoms with Gasteiger partial charge in [0.1, 0.15) is 0 Å². The van der Waals surface area contributed by atoms with Crippen molar-refractivity contribution in [2.45, 2.75) is 69.0 Å². The van der Waals surface area contributed by atoms with Crippen molar-refractivity contribution in [2.24, 2.45) is 11.3 Å². The summed E-state index contributed by atoms with van der Waals surface area (Å²) in [5.74, 6) is 3.39. The summed E-state index contributed by atoms with van der Waals surface area (Å²) >= 11 is 0.131. The molecule has 162 valence electrons. The van der Waals surface area contributed by atoms with Crippen molar-refractivity contribution in [3.8, 4) is 11.5 Å². The maximum absolute atomic E-state index is 11.5. The van der Waals surface area contributed by atoms with Crippen LogP contribution in [0.25, 0.3) is 0 Å². The van der Waals surface area contributed by atoms with E-state index >= 15 is 0 Å². The summed E-state index contributed by atoms with van der Waals surface area (Å²) in [6.07, 6.45) is 5.58. The van der Waals surface area contributed by atoms with Crippen molar-refractivity contribution in [3.63, 3.8) is 0 Å². The van der Waals surface area contributed by atoms with Gasteiger partial charge in [-0.15, -0.1) is 0 Å². The average molecular weight is 490 g/mol. The van der Waals surface area contributed by atoms with Gasteiger partial charge in [0.05, 0.1) is 0 Å². The zero-order chi connectivity index (χ0) is 21.4. The molecule has 2 bridgehead atoms. The molecule has 1 aromatic carbocycles. The number of benzene rings is 1. The van der Waals surface area contributed by atoms with Crippen LogP contribution in [0.3, 0.4) is 0 Å². The van der Waals surface area contributed by atoms with Gasteiger partial charge in [-0.05, 0) is 0 Å². The molecule has 3 aliphatic rings. The molecule has 4 rings (SSSR count). The Morgan fingerprint density at radius 3 is 2.67 bits per heavy atom. The van der Waals surface area contributed by atoms with Crippen LogP contribution in [0.2, 0.25) is 24.5 Å². The molecule has 1 aromatic rings. The van der Waals surface area contributed by atoms with Gasteiger partial charge in [0.25, 0.3) is 0 Å². The van der Waals surface area contributed by atoms with Crippen LogP contribution in [0.5, 0.6) is 0 Å². The van der Waals surface area contributed by atoms with Crippen LogP contribution in [-0.4, -0.2) is 53.2 Å². The molecule has 1 heterocycles. The van der Waals surface area contributed by atoms with Crippen LogP contribution in [0.15, 0.2) is 42.0 Å². The third-order valence-corrected chi connectivity index (χ3v) is 10.4. The van der Waals surface area contributed by atoms with Crippen molar-refractivity contribution < 1.29 is 14.6 Å². The second-order valence-electron chi connectivity index (χ2n) is 10.2. The van der Waals surface area contributed by atoms with Crippen LogP contribution in [0.4, 0.5) is 0 Å². The van der Waals surface area contributed by atoms with Gasteiger partial charge in [0.15, 0.2) is 0 Å². The average Bonchev–Trinajstić information content (AvgIpc) is 3.48. The summed E-state index contributed by atoms with van der Waals surface area (Å²) in [7, 11) is -1.46. The molecule has 0 radical (unpaired) electrons. The zero-order valence-electron chi connectivity index (χ0n) is 18.6. The Morgan fingerprint density at radius 2 is 2.00 bits per heavy atom. The fourth-order valence-corrected chi connectivity index (χ4v) is 8.26.